The van der Waals surface area contributed by atoms with E-state index in [1.165, 1.54) is 37.8 Å². The van der Waals surface area contributed by atoms with Gasteiger partial charge in [-0.25, -0.2) is 14.4 Å². The normalized spacial score (nSPS) is 15.3. The standard InChI is InChI=1S/C20H25FN4O/c21-17-9-7-15(8-10-17)11-12-22-20-23-13-16(14-24-20)19(26)25-18-5-3-1-2-4-6-18/h7-10,13-14,18H,1-6,11-12H2,(H,25,26)(H,22,23,24). The van der Waals surface area contributed by atoms with E-state index in [0.29, 0.717) is 18.1 Å². The highest BCUT2D eigenvalue weighted by atomic mass is 19.1. The van der Waals surface area contributed by atoms with E-state index in [4.69, 9.17) is 0 Å². The van der Waals surface area contributed by atoms with Crippen LogP contribution in [-0.4, -0.2) is 28.5 Å². The number of anilines is 1. The number of nitrogens with one attached hydrogen (secondary N) is 2. The molecule has 0 saturated heterocycles. The molecule has 1 amide bonds. The Balaban J connectivity index is 1.46. The molecule has 2 aromatic rings. The van der Waals surface area contributed by atoms with Crippen molar-refractivity contribution in [1.29, 1.82) is 0 Å². The monoisotopic (exact) mass is 356 g/mol. The molecule has 1 aliphatic carbocycles. The fourth-order valence-corrected chi connectivity index (χ4v) is 3.20. The van der Waals surface area contributed by atoms with Crippen LogP contribution in [0.1, 0.15) is 54.4 Å². The summed E-state index contributed by atoms with van der Waals surface area (Å²) in [5, 5.41) is 6.21. The Morgan fingerprint density at radius 3 is 2.35 bits per heavy atom. The van der Waals surface area contributed by atoms with Crippen molar-refractivity contribution in [2.45, 2.75) is 51.0 Å². The maximum Gasteiger partial charge on any atom is 0.254 e. The molecule has 0 atom stereocenters. The highest BCUT2D eigenvalue weighted by Gasteiger charge is 2.16. The van der Waals surface area contributed by atoms with E-state index in [0.717, 1.165) is 24.8 Å². The summed E-state index contributed by atoms with van der Waals surface area (Å²) in [5.41, 5.74) is 1.52. The van der Waals surface area contributed by atoms with E-state index in [2.05, 4.69) is 20.6 Å². The molecule has 0 aliphatic heterocycles. The minimum absolute atomic E-state index is 0.102. The summed E-state index contributed by atoms with van der Waals surface area (Å²) in [5.74, 6) is 0.149. The molecular weight excluding hydrogens is 331 g/mol. The van der Waals surface area contributed by atoms with Gasteiger partial charge in [0, 0.05) is 25.0 Å². The Morgan fingerprint density at radius 2 is 1.69 bits per heavy atom. The number of rotatable bonds is 6. The van der Waals surface area contributed by atoms with Crippen molar-refractivity contribution in [3.05, 3.63) is 53.6 Å². The highest BCUT2D eigenvalue weighted by Crippen LogP contribution is 2.17. The van der Waals surface area contributed by atoms with Crippen LogP contribution < -0.4 is 10.6 Å². The van der Waals surface area contributed by atoms with E-state index < -0.39 is 0 Å². The van der Waals surface area contributed by atoms with E-state index >= 15 is 0 Å². The molecule has 26 heavy (non-hydrogen) atoms. The smallest absolute Gasteiger partial charge is 0.254 e. The number of benzene rings is 1. The van der Waals surface area contributed by atoms with Crippen LogP contribution in [0.4, 0.5) is 10.3 Å². The van der Waals surface area contributed by atoms with Crippen LogP contribution in [0.3, 0.4) is 0 Å². The predicted molar refractivity (Wildman–Crippen MR) is 99.6 cm³/mol. The molecule has 3 rings (SSSR count). The maximum absolute atomic E-state index is 12.9. The molecule has 1 fully saturated rings. The number of halogens is 1. The van der Waals surface area contributed by atoms with Crippen molar-refractivity contribution < 1.29 is 9.18 Å². The van der Waals surface area contributed by atoms with Crippen LogP contribution in [0.25, 0.3) is 0 Å². The molecule has 1 saturated carbocycles. The van der Waals surface area contributed by atoms with Gasteiger partial charge in [0.05, 0.1) is 5.56 Å². The number of carbonyl (C=O) groups excluding carboxylic acids is 1. The molecule has 1 heterocycles. The zero-order chi connectivity index (χ0) is 18.2. The molecule has 6 heteroatoms. The molecule has 138 valence electrons. The van der Waals surface area contributed by atoms with E-state index in [1.807, 2.05) is 0 Å². The average Bonchev–Trinajstić information content (AvgIpc) is 2.92. The van der Waals surface area contributed by atoms with Gasteiger partial charge in [-0.1, -0.05) is 37.8 Å². The summed E-state index contributed by atoms with van der Waals surface area (Å²) in [6.07, 6.45) is 10.8. The van der Waals surface area contributed by atoms with Crippen LogP contribution in [-0.2, 0) is 6.42 Å². The minimum atomic E-state index is -0.234. The lowest BCUT2D eigenvalue weighted by molar-refractivity contribution is 0.0932. The third-order valence-electron chi connectivity index (χ3n) is 4.71. The van der Waals surface area contributed by atoms with Gasteiger partial charge in [0.25, 0.3) is 5.91 Å². The van der Waals surface area contributed by atoms with Gasteiger partial charge in [-0.05, 0) is 37.0 Å². The second-order valence-electron chi connectivity index (χ2n) is 6.76. The SMILES string of the molecule is O=C(NC1CCCCCC1)c1cnc(NCCc2ccc(F)cc2)nc1. The Hall–Kier alpha value is -2.50. The van der Waals surface area contributed by atoms with Crippen molar-refractivity contribution in [1.82, 2.24) is 15.3 Å². The van der Waals surface area contributed by atoms with Gasteiger partial charge in [-0.3, -0.25) is 4.79 Å². The second-order valence-corrected chi connectivity index (χ2v) is 6.76. The molecule has 0 spiro atoms. The number of amides is 1. The highest BCUT2D eigenvalue weighted by molar-refractivity contribution is 5.93. The van der Waals surface area contributed by atoms with Gasteiger partial charge >= 0.3 is 0 Å². The number of hydrogen-bond donors (Lipinski definition) is 2. The lowest BCUT2D eigenvalue weighted by atomic mass is 10.1. The fraction of sp³-hybridized carbons (Fsp3) is 0.450. The minimum Gasteiger partial charge on any atom is -0.354 e. The van der Waals surface area contributed by atoms with Crippen molar-refractivity contribution >= 4 is 11.9 Å². The molecule has 1 aliphatic rings. The topological polar surface area (TPSA) is 66.9 Å². The first kappa shape index (κ1) is 18.3. The molecule has 0 unspecified atom stereocenters. The summed E-state index contributed by atoms with van der Waals surface area (Å²) < 4.78 is 12.9. The molecule has 0 radical (unpaired) electrons. The van der Waals surface area contributed by atoms with Gasteiger partial charge in [0.1, 0.15) is 5.82 Å². The molecule has 2 N–H and O–H groups in total. The Labute approximate surface area is 153 Å². The average molecular weight is 356 g/mol. The first-order valence-corrected chi connectivity index (χ1v) is 9.32. The third kappa shape index (κ3) is 5.51. The summed E-state index contributed by atoms with van der Waals surface area (Å²) in [6.45, 7) is 0.638. The van der Waals surface area contributed by atoms with E-state index in [1.54, 1.807) is 24.5 Å². The van der Waals surface area contributed by atoms with Gasteiger partial charge in [-0.15, -0.1) is 0 Å². The zero-order valence-corrected chi connectivity index (χ0v) is 14.9. The lowest BCUT2D eigenvalue weighted by Crippen LogP contribution is -2.34. The van der Waals surface area contributed by atoms with Crippen molar-refractivity contribution in [2.24, 2.45) is 0 Å². The molecule has 1 aromatic heterocycles. The third-order valence-corrected chi connectivity index (χ3v) is 4.71. The largest absolute Gasteiger partial charge is 0.354 e. The van der Waals surface area contributed by atoms with Crippen LogP contribution in [0.15, 0.2) is 36.7 Å². The zero-order valence-electron chi connectivity index (χ0n) is 14.9. The van der Waals surface area contributed by atoms with Gasteiger partial charge in [0.2, 0.25) is 5.95 Å². The first-order valence-electron chi connectivity index (χ1n) is 9.32. The maximum atomic E-state index is 12.9. The number of aromatic nitrogens is 2. The van der Waals surface area contributed by atoms with Crippen molar-refractivity contribution in [2.75, 3.05) is 11.9 Å². The van der Waals surface area contributed by atoms with Gasteiger partial charge in [-0.2, -0.15) is 0 Å². The Morgan fingerprint density at radius 1 is 1.04 bits per heavy atom. The molecule has 0 bridgehead atoms. The summed E-state index contributed by atoms with van der Waals surface area (Å²) in [7, 11) is 0. The van der Waals surface area contributed by atoms with Crippen LogP contribution in [0.5, 0.6) is 0 Å². The van der Waals surface area contributed by atoms with Crippen molar-refractivity contribution in [3.8, 4) is 0 Å². The molecule has 5 nitrogen and oxygen atoms in total. The predicted octanol–water partition coefficient (Wildman–Crippen LogP) is 3.72. The van der Waals surface area contributed by atoms with Gasteiger partial charge < -0.3 is 10.6 Å². The fourth-order valence-electron chi connectivity index (χ4n) is 3.20. The molecular formula is C20H25FN4O. The van der Waals surface area contributed by atoms with Crippen LogP contribution in [0, 0.1) is 5.82 Å². The second kappa shape index (κ2) is 9.27. The Bertz CT molecular complexity index is 695. The quantitative estimate of drug-likeness (QED) is 0.774. The summed E-state index contributed by atoms with van der Waals surface area (Å²) >= 11 is 0. The van der Waals surface area contributed by atoms with Crippen LogP contribution >= 0.6 is 0 Å². The van der Waals surface area contributed by atoms with E-state index in [9.17, 15) is 9.18 Å². The molecule has 1 aromatic carbocycles. The Kier molecular flexibility index (Phi) is 6.52. The van der Waals surface area contributed by atoms with E-state index in [-0.39, 0.29) is 17.8 Å². The lowest BCUT2D eigenvalue weighted by Gasteiger charge is -2.16. The number of carbonyl (C=O) groups is 1. The van der Waals surface area contributed by atoms with Crippen LogP contribution in [0.2, 0.25) is 0 Å². The number of nitrogens with zero attached hydrogens (tertiary/aromatic N) is 2. The van der Waals surface area contributed by atoms with Crippen molar-refractivity contribution in [3.63, 3.8) is 0 Å². The van der Waals surface area contributed by atoms with Gasteiger partial charge in [0.15, 0.2) is 0 Å². The summed E-state index contributed by atoms with van der Waals surface area (Å²) in [6, 6.07) is 6.69. The number of hydrogen-bond acceptors (Lipinski definition) is 4. The summed E-state index contributed by atoms with van der Waals surface area (Å²) in [4.78, 5) is 20.7. The first-order chi connectivity index (χ1) is 12.7.